The molecule has 0 aliphatic carbocycles. The van der Waals surface area contributed by atoms with Gasteiger partial charge in [-0.05, 0) is 51.3 Å². The van der Waals surface area contributed by atoms with E-state index in [9.17, 15) is 4.79 Å². The Morgan fingerprint density at radius 3 is 2.12 bits per heavy atom. The lowest BCUT2D eigenvalue weighted by Gasteiger charge is -2.16. The maximum atomic E-state index is 13.1. The summed E-state index contributed by atoms with van der Waals surface area (Å²) in [5, 5.41) is 3.45. The van der Waals surface area contributed by atoms with Gasteiger partial charge in [0.25, 0.3) is 5.91 Å². The van der Waals surface area contributed by atoms with Crippen LogP contribution in [0.25, 0.3) is 20.4 Å². The van der Waals surface area contributed by atoms with Gasteiger partial charge in [0.15, 0.2) is 21.0 Å². The molecule has 0 aliphatic heterocycles. The van der Waals surface area contributed by atoms with E-state index < -0.39 is 0 Å². The van der Waals surface area contributed by atoms with Gasteiger partial charge in [-0.15, -0.1) is 11.3 Å². The number of anilines is 1. The molecule has 2 heterocycles. The summed E-state index contributed by atoms with van der Waals surface area (Å²) in [6.45, 7) is 7.00. The fourth-order valence-electron chi connectivity index (χ4n) is 3.18. The van der Waals surface area contributed by atoms with E-state index >= 15 is 0 Å². The minimum absolute atomic E-state index is 0.292. The number of aromatic nitrogens is 2. The van der Waals surface area contributed by atoms with Crippen LogP contribution in [-0.4, -0.2) is 42.0 Å². The SMILES string of the molecule is CCOc1cc(C(=O)Nc2nc3ccc4nc(SC)sc4c3s2)cc(OCC)c1OCC. The zero-order chi connectivity index (χ0) is 22.7. The third-order valence-corrected chi connectivity index (χ3v) is 7.67. The Hall–Kier alpha value is -2.56. The van der Waals surface area contributed by atoms with Crippen LogP contribution in [0.2, 0.25) is 0 Å². The molecule has 0 bridgehead atoms. The van der Waals surface area contributed by atoms with Gasteiger partial charge in [-0.25, -0.2) is 9.97 Å². The second-order valence-corrected chi connectivity index (χ2v) is 9.57. The maximum Gasteiger partial charge on any atom is 0.257 e. The molecule has 0 aliphatic rings. The van der Waals surface area contributed by atoms with Crippen LogP contribution in [0.4, 0.5) is 5.13 Å². The van der Waals surface area contributed by atoms with E-state index in [2.05, 4.69) is 15.3 Å². The molecular weight excluding hydrogens is 466 g/mol. The number of hydrogen-bond donors (Lipinski definition) is 1. The molecule has 2 aromatic carbocycles. The lowest BCUT2D eigenvalue weighted by Crippen LogP contribution is -2.13. The summed E-state index contributed by atoms with van der Waals surface area (Å²) in [5.74, 6) is 1.17. The standard InChI is InChI=1S/C22H23N3O4S3/c1-5-27-15-10-12(11-16(28-6-2)17(15)29-7-3)20(26)25-21-23-13-8-9-14-19(18(13)31-21)32-22(24-14)30-4/h8-11H,5-7H2,1-4H3,(H,23,25,26). The van der Waals surface area contributed by atoms with E-state index in [-0.39, 0.29) is 5.91 Å². The number of amides is 1. The van der Waals surface area contributed by atoms with Gasteiger partial charge < -0.3 is 14.2 Å². The number of carbonyl (C=O) groups excluding carboxylic acids is 1. The molecule has 0 saturated carbocycles. The second-order valence-electron chi connectivity index (χ2n) is 6.52. The van der Waals surface area contributed by atoms with Gasteiger partial charge in [0.1, 0.15) is 0 Å². The highest BCUT2D eigenvalue weighted by atomic mass is 32.2. The Morgan fingerprint density at radius 2 is 1.53 bits per heavy atom. The third kappa shape index (κ3) is 4.48. The summed E-state index contributed by atoms with van der Waals surface area (Å²) < 4.78 is 20.3. The summed E-state index contributed by atoms with van der Waals surface area (Å²) in [5.41, 5.74) is 2.20. The summed E-state index contributed by atoms with van der Waals surface area (Å²) in [6, 6.07) is 7.25. The van der Waals surface area contributed by atoms with Crippen LogP contribution < -0.4 is 19.5 Å². The molecule has 0 unspecified atom stereocenters. The lowest BCUT2D eigenvalue weighted by atomic mass is 10.1. The van der Waals surface area contributed by atoms with Crippen LogP contribution in [0.1, 0.15) is 31.1 Å². The first-order valence-electron chi connectivity index (χ1n) is 10.2. The van der Waals surface area contributed by atoms with E-state index in [1.807, 2.05) is 39.2 Å². The Labute approximate surface area is 198 Å². The Bertz CT molecular complexity index is 1240. The highest BCUT2D eigenvalue weighted by Crippen LogP contribution is 2.40. The van der Waals surface area contributed by atoms with E-state index in [0.717, 1.165) is 24.8 Å². The van der Waals surface area contributed by atoms with Gasteiger partial charge in [0.05, 0.1) is 40.3 Å². The Balaban J connectivity index is 1.67. The predicted molar refractivity (Wildman–Crippen MR) is 132 cm³/mol. The first-order valence-corrected chi connectivity index (χ1v) is 13.1. The molecule has 0 fully saturated rings. The Kier molecular flexibility index (Phi) is 7.02. The van der Waals surface area contributed by atoms with Crippen molar-refractivity contribution in [1.82, 2.24) is 9.97 Å². The molecule has 0 saturated heterocycles. The van der Waals surface area contributed by atoms with E-state index in [4.69, 9.17) is 14.2 Å². The van der Waals surface area contributed by atoms with Gasteiger partial charge in [-0.3, -0.25) is 10.1 Å². The summed E-state index contributed by atoms with van der Waals surface area (Å²) in [6.07, 6.45) is 2.01. The predicted octanol–water partition coefficient (Wildman–Crippen LogP) is 6.08. The zero-order valence-corrected chi connectivity index (χ0v) is 20.6. The van der Waals surface area contributed by atoms with E-state index in [1.165, 1.54) is 11.3 Å². The first kappa shape index (κ1) is 22.6. The number of rotatable bonds is 9. The van der Waals surface area contributed by atoms with Crippen molar-refractivity contribution in [3.8, 4) is 17.2 Å². The van der Waals surface area contributed by atoms with Gasteiger partial charge >= 0.3 is 0 Å². The molecular formula is C22H23N3O4S3. The number of fused-ring (bicyclic) bond motifs is 3. The van der Waals surface area contributed by atoms with Crippen molar-refractivity contribution in [1.29, 1.82) is 0 Å². The van der Waals surface area contributed by atoms with Crippen molar-refractivity contribution in [3.63, 3.8) is 0 Å². The number of thiazole rings is 2. The lowest BCUT2D eigenvalue weighted by molar-refractivity contribution is 0.102. The minimum Gasteiger partial charge on any atom is -0.490 e. The van der Waals surface area contributed by atoms with Crippen LogP contribution in [-0.2, 0) is 0 Å². The number of thioether (sulfide) groups is 1. The van der Waals surface area contributed by atoms with Crippen LogP contribution in [0, 0.1) is 0 Å². The largest absolute Gasteiger partial charge is 0.490 e. The van der Waals surface area contributed by atoms with E-state index in [0.29, 0.717) is 47.8 Å². The molecule has 4 aromatic rings. The smallest absolute Gasteiger partial charge is 0.257 e. The monoisotopic (exact) mass is 489 g/mol. The molecule has 168 valence electrons. The normalized spacial score (nSPS) is 11.1. The van der Waals surface area contributed by atoms with Crippen molar-refractivity contribution in [3.05, 3.63) is 29.8 Å². The molecule has 0 spiro atoms. The van der Waals surface area contributed by atoms with Crippen LogP contribution >= 0.6 is 34.4 Å². The second kappa shape index (κ2) is 9.93. The van der Waals surface area contributed by atoms with Crippen LogP contribution in [0.3, 0.4) is 0 Å². The van der Waals surface area contributed by atoms with Crippen molar-refractivity contribution < 1.29 is 19.0 Å². The molecule has 7 nitrogen and oxygen atoms in total. The average molecular weight is 490 g/mol. The minimum atomic E-state index is -0.292. The Morgan fingerprint density at radius 1 is 0.938 bits per heavy atom. The van der Waals surface area contributed by atoms with Gasteiger partial charge in [0, 0.05) is 5.56 Å². The van der Waals surface area contributed by atoms with Crippen LogP contribution in [0.15, 0.2) is 28.6 Å². The van der Waals surface area contributed by atoms with Crippen molar-refractivity contribution in [2.45, 2.75) is 25.1 Å². The molecule has 1 N–H and O–H groups in total. The molecule has 32 heavy (non-hydrogen) atoms. The molecule has 0 radical (unpaired) electrons. The summed E-state index contributed by atoms with van der Waals surface area (Å²) in [4.78, 5) is 22.3. The number of carbonyl (C=O) groups is 1. The van der Waals surface area contributed by atoms with Gasteiger partial charge in [-0.1, -0.05) is 23.1 Å². The quantitative estimate of drug-likeness (QED) is 0.285. The summed E-state index contributed by atoms with van der Waals surface area (Å²) >= 11 is 4.70. The fraction of sp³-hybridized carbons (Fsp3) is 0.318. The molecule has 2 aromatic heterocycles. The zero-order valence-electron chi connectivity index (χ0n) is 18.2. The highest BCUT2D eigenvalue weighted by molar-refractivity contribution is 8.00. The van der Waals surface area contributed by atoms with Crippen LogP contribution in [0.5, 0.6) is 17.2 Å². The number of hydrogen-bond acceptors (Lipinski definition) is 9. The molecule has 4 rings (SSSR count). The molecule has 10 heteroatoms. The average Bonchev–Trinajstić information content (AvgIpc) is 3.39. The van der Waals surface area contributed by atoms with Gasteiger partial charge in [0.2, 0.25) is 5.75 Å². The molecule has 0 atom stereocenters. The van der Waals surface area contributed by atoms with E-state index in [1.54, 1.807) is 35.2 Å². The van der Waals surface area contributed by atoms with Crippen molar-refractivity contribution >= 4 is 65.9 Å². The molecule has 1 amide bonds. The number of benzene rings is 2. The first-order chi connectivity index (χ1) is 15.6. The van der Waals surface area contributed by atoms with Gasteiger partial charge in [-0.2, -0.15) is 0 Å². The van der Waals surface area contributed by atoms with Crippen molar-refractivity contribution in [2.24, 2.45) is 0 Å². The fourth-order valence-corrected chi connectivity index (χ4v) is 5.84. The number of nitrogens with zero attached hydrogens (tertiary/aromatic N) is 2. The maximum absolute atomic E-state index is 13.1. The number of ether oxygens (including phenoxy) is 3. The summed E-state index contributed by atoms with van der Waals surface area (Å²) in [7, 11) is 0. The number of nitrogens with one attached hydrogen (secondary N) is 1. The topological polar surface area (TPSA) is 82.6 Å². The van der Waals surface area contributed by atoms with Crippen molar-refractivity contribution in [2.75, 3.05) is 31.4 Å². The highest BCUT2D eigenvalue weighted by Gasteiger charge is 2.20. The third-order valence-electron chi connectivity index (χ3n) is 4.46.